The number of hydrogen-bond donors (Lipinski definition) is 1. The Bertz CT molecular complexity index is 1210. The van der Waals surface area contributed by atoms with Crippen LogP contribution in [0.3, 0.4) is 0 Å². The summed E-state index contributed by atoms with van der Waals surface area (Å²) in [4.78, 5) is 13.0. The van der Waals surface area contributed by atoms with Crippen molar-refractivity contribution >= 4 is 16.8 Å². The predicted octanol–water partition coefficient (Wildman–Crippen LogP) is 5.99. The van der Waals surface area contributed by atoms with E-state index in [1.54, 1.807) is 7.11 Å². The second kappa shape index (κ2) is 10.4. The Kier molecular flexibility index (Phi) is 7.13. The van der Waals surface area contributed by atoms with Crippen molar-refractivity contribution < 1.29 is 9.53 Å². The fourth-order valence-electron chi connectivity index (χ4n) is 4.38. The number of ether oxygens (including phenoxy) is 1. The van der Waals surface area contributed by atoms with Gasteiger partial charge in [-0.1, -0.05) is 80.6 Å². The number of fused-ring (bicyclic) bond motifs is 1. The van der Waals surface area contributed by atoms with Crippen LogP contribution in [0.25, 0.3) is 10.9 Å². The van der Waals surface area contributed by atoms with Gasteiger partial charge in [-0.3, -0.25) is 4.79 Å². The SMILES string of the molecule is COc1ccccc1C(CC(=O)NCC(C)C)c1cn(Cc2ccccc2)c2ccccc12. The lowest BCUT2D eigenvalue weighted by Crippen LogP contribution is -2.28. The molecule has 1 N–H and O–H groups in total. The third kappa shape index (κ3) is 5.28. The van der Waals surface area contributed by atoms with E-state index in [4.69, 9.17) is 4.74 Å². The van der Waals surface area contributed by atoms with Crippen molar-refractivity contribution in [3.8, 4) is 5.75 Å². The van der Waals surface area contributed by atoms with Crippen LogP contribution in [0, 0.1) is 5.92 Å². The Labute approximate surface area is 196 Å². The van der Waals surface area contributed by atoms with Crippen LogP contribution < -0.4 is 10.1 Å². The monoisotopic (exact) mass is 440 g/mol. The van der Waals surface area contributed by atoms with Crippen LogP contribution in [0.4, 0.5) is 0 Å². The van der Waals surface area contributed by atoms with Gasteiger partial charge in [-0.15, -0.1) is 0 Å². The number of nitrogens with zero attached hydrogens (tertiary/aromatic N) is 1. The number of para-hydroxylation sites is 2. The summed E-state index contributed by atoms with van der Waals surface area (Å²) < 4.78 is 7.99. The average Bonchev–Trinajstić information content (AvgIpc) is 3.20. The van der Waals surface area contributed by atoms with E-state index in [0.717, 1.165) is 23.4 Å². The van der Waals surface area contributed by atoms with Crippen LogP contribution in [0.15, 0.2) is 85.1 Å². The first-order valence-corrected chi connectivity index (χ1v) is 11.6. The van der Waals surface area contributed by atoms with Crippen molar-refractivity contribution in [1.29, 1.82) is 0 Å². The van der Waals surface area contributed by atoms with Gasteiger partial charge in [-0.2, -0.15) is 0 Å². The van der Waals surface area contributed by atoms with Crippen LogP contribution in [-0.4, -0.2) is 24.1 Å². The molecule has 3 aromatic carbocycles. The molecule has 0 bridgehead atoms. The second-order valence-electron chi connectivity index (χ2n) is 8.91. The van der Waals surface area contributed by atoms with Crippen molar-refractivity contribution in [2.75, 3.05) is 13.7 Å². The van der Waals surface area contributed by atoms with E-state index in [0.29, 0.717) is 18.9 Å². The number of rotatable bonds is 9. The molecule has 1 atom stereocenters. The van der Waals surface area contributed by atoms with Gasteiger partial charge in [0.2, 0.25) is 5.91 Å². The molecule has 1 heterocycles. The molecular weight excluding hydrogens is 408 g/mol. The van der Waals surface area contributed by atoms with Crippen molar-refractivity contribution in [3.05, 3.63) is 102 Å². The molecule has 0 saturated heterocycles. The molecule has 4 nitrogen and oxygen atoms in total. The molecular formula is C29H32N2O2. The van der Waals surface area contributed by atoms with Crippen LogP contribution in [0.5, 0.6) is 5.75 Å². The maximum Gasteiger partial charge on any atom is 0.220 e. The van der Waals surface area contributed by atoms with E-state index in [1.807, 2.05) is 24.3 Å². The fourth-order valence-corrected chi connectivity index (χ4v) is 4.38. The Morgan fingerprint density at radius 2 is 1.61 bits per heavy atom. The molecule has 0 aliphatic heterocycles. The summed E-state index contributed by atoms with van der Waals surface area (Å²) in [5.74, 6) is 1.15. The number of carbonyl (C=O) groups is 1. The number of amides is 1. The Balaban J connectivity index is 1.79. The maximum absolute atomic E-state index is 13.0. The smallest absolute Gasteiger partial charge is 0.220 e. The van der Waals surface area contributed by atoms with Gasteiger partial charge in [0.1, 0.15) is 5.75 Å². The van der Waals surface area contributed by atoms with Gasteiger partial charge in [0.05, 0.1) is 7.11 Å². The van der Waals surface area contributed by atoms with E-state index in [1.165, 1.54) is 16.5 Å². The number of hydrogen-bond acceptors (Lipinski definition) is 2. The summed E-state index contributed by atoms with van der Waals surface area (Å²) in [5.41, 5.74) is 4.58. The van der Waals surface area contributed by atoms with Gasteiger partial charge in [-0.25, -0.2) is 0 Å². The van der Waals surface area contributed by atoms with Crippen molar-refractivity contribution in [2.45, 2.75) is 32.7 Å². The molecule has 0 radical (unpaired) electrons. The topological polar surface area (TPSA) is 43.3 Å². The number of benzene rings is 3. The molecule has 4 rings (SSSR count). The molecule has 0 saturated carbocycles. The van der Waals surface area contributed by atoms with Crippen molar-refractivity contribution in [3.63, 3.8) is 0 Å². The lowest BCUT2D eigenvalue weighted by molar-refractivity contribution is -0.121. The van der Waals surface area contributed by atoms with Gasteiger partial charge in [0.25, 0.3) is 0 Å². The first-order chi connectivity index (χ1) is 16.1. The van der Waals surface area contributed by atoms with Crippen LogP contribution >= 0.6 is 0 Å². The summed E-state index contributed by atoms with van der Waals surface area (Å²) in [5, 5.41) is 4.27. The number of aromatic nitrogens is 1. The third-order valence-electron chi connectivity index (χ3n) is 6.00. The molecule has 4 aromatic rings. The largest absolute Gasteiger partial charge is 0.496 e. The summed E-state index contributed by atoms with van der Waals surface area (Å²) in [7, 11) is 1.69. The molecule has 1 aromatic heterocycles. The van der Waals surface area contributed by atoms with E-state index < -0.39 is 0 Å². The molecule has 0 aliphatic rings. The average molecular weight is 441 g/mol. The first kappa shape index (κ1) is 22.7. The first-order valence-electron chi connectivity index (χ1n) is 11.6. The van der Waals surface area contributed by atoms with Crippen molar-refractivity contribution in [1.82, 2.24) is 9.88 Å². The van der Waals surface area contributed by atoms with Gasteiger partial charge >= 0.3 is 0 Å². The second-order valence-corrected chi connectivity index (χ2v) is 8.91. The van der Waals surface area contributed by atoms with Crippen LogP contribution in [0.1, 0.15) is 42.9 Å². The zero-order chi connectivity index (χ0) is 23.2. The normalized spacial score (nSPS) is 12.1. The maximum atomic E-state index is 13.0. The predicted molar refractivity (Wildman–Crippen MR) is 135 cm³/mol. The lowest BCUT2D eigenvalue weighted by atomic mass is 9.87. The molecule has 4 heteroatoms. The molecule has 170 valence electrons. The number of carbonyl (C=O) groups excluding carboxylic acids is 1. The lowest BCUT2D eigenvalue weighted by Gasteiger charge is -2.20. The Morgan fingerprint density at radius 1 is 0.909 bits per heavy atom. The highest BCUT2D eigenvalue weighted by Crippen LogP contribution is 2.38. The Morgan fingerprint density at radius 3 is 2.36 bits per heavy atom. The quantitative estimate of drug-likeness (QED) is 0.347. The highest BCUT2D eigenvalue weighted by molar-refractivity contribution is 5.87. The Hall–Kier alpha value is -3.53. The summed E-state index contributed by atoms with van der Waals surface area (Å²) >= 11 is 0. The highest BCUT2D eigenvalue weighted by atomic mass is 16.5. The number of nitrogens with one attached hydrogen (secondary N) is 1. The summed E-state index contributed by atoms with van der Waals surface area (Å²) in [6.07, 6.45) is 2.58. The summed E-state index contributed by atoms with van der Waals surface area (Å²) in [6.45, 7) is 5.66. The van der Waals surface area contributed by atoms with E-state index >= 15 is 0 Å². The van der Waals surface area contributed by atoms with Crippen LogP contribution in [0.2, 0.25) is 0 Å². The van der Waals surface area contributed by atoms with E-state index in [2.05, 4.69) is 84.5 Å². The molecule has 1 unspecified atom stereocenters. The highest BCUT2D eigenvalue weighted by Gasteiger charge is 2.25. The molecule has 0 aliphatic carbocycles. The van der Waals surface area contributed by atoms with Gasteiger partial charge in [-0.05, 0) is 29.2 Å². The fraction of sp³-hybridized carbons (Fsp3) is 0.276. The molecule has 33 heavy (non-hydrogen) atoms. The van der Waals surface area contributed by atoms with Crippen LogP contribution in [-0.2, 0) is 11.3 Å². The number of methoxy groups -OCH3 is 1. The molecule has 0 fully saturated rings. The third-order valence-corrected chi connectivity index (χ3v) is 6.00. The van der Waals surface area contributed by atoms with E-state index in [-0.39, 0.29) is 11.8 Å². The zero-order valence-corrected chi connectivity index (χ0v) is 19.6. The van der Waals surface area contributed by atoms with Crippen molar-refractivity contribution in [2.24, 2.45) is 5.92 Å². The molecule has 1 amide bonds. The standard InChI is InChI=1S/C29H32N2O2/c1-21(2)18-30-29(32)17-25(24-14-8-10-16-28(24)33-3)26-20-31(19-22-11-5-4-6-12-22)27-15-9-7-13-23(26)27/h4-16,20-21,25H,17-19H2,1-3H3,(H,30,32). The minimum Gasteiger partial charge on any atom is -0.496 e. The minimum absolute atomic E-state index is 0.0551. The zero-order valence-electron chi connectivity index (χ0n) is 19.6. The van der Waals surface area contributed by atoms with Gasteiger partial charge in [0, 0.05) is 48.1 Å². The van der Waals surface area contributed by atoms with Gasteiger partial charge < -0.3 is 14.6 Å². The molecule has 0 spiro atoms. The minimum atomic E-state index is -0.116. The summed E-state index contributed by atoms with van der Waals surface area (Å²) in [6, 6.07) is 26.9. The van der Waals surface area contributed by atoms with Gasteiger partial charge in [0.15, 0.2) is 0 Å². The van der Waals surface area contributed by atoms with E-state index in [9.17, 15) is 4.79 Å².